The van der Waals surface area contributed by atoms with Gasteiger partial charge >= 0.3 is 0 Å². The molecule has 23 heavy (non-hydrogen) atoms. The van der Waals surface area contributed by atoms with Gasteiger partial charge in [0.2, 0.25) is 0 Å². The van der Waals surface area contributed by atoms with E-state index in [4.69, 9.17) is 0 Å². The minimum Gasteiger partial charge on any atom is -0.354 e. The predicted octanol–water partition coefficient (Wildman–Crippen LogP) is 5.89. The number of hydrogen-bond acceptors (Lipinski definition) is 5. The Balaban J connectivity index is 2.10. The normalized spacial score (nSPS) is 10.1. The lowest BCUT2D eigenvalue weighted by Gasteiger charge is -2.12. The molecular formula is C18H13N3O2. The van der Waals surface area contributed by atoms with E-state index in [9.17, 15) is 9.81 Å². The van der Waals surface area contributed by atoms with Gasteiger partial charge in [0.25, 0.3) is 0 Å². The molecule has 3 aromatic rings. The Hall–Kier alpha value is -3.34. The molecule has 0 aliphatic rings. The van der Waals surface area contributed by atoms with Gasteiger partial charge in [-0.2, -0.15) is 0 Å². The van der Waals surface area contributed by atoms with Gasteiger partial charge in [-0.05, 0) is 40.2 Å². The third-order valence-corrected chi connectivity index (χ3v) is 3.47. The zero-order valence-electron chi connectivity index (χ0n) is 12.1. The smallest absolute Gasteiger partial charge is 0.161 e. The van der Waals surface area contributed by atoms with Crippen LogP contribution < -0.4 is 5.32 Å². The Morgan fingerprint density at radius 3 is 1.87 bits per heavy atom. The highest BCUT2D eigenvalue weighted by Crippen LogP contribution is 2.44. The lowest BCUT2D eigenvalue weighted by molar-refractivity contribution is 1.40. The van der Waals surface area contributed by atoms with E-state index in [1.807, 2.05) is 60.7 Å². The standard InChI is InChI=1S/C18H13N3O2/c22-20-17-15(13-7-3-1-4-8-13)11-12-16(18(17)21-23)19-14-9-5-2-6-10-14/h1-12,19H. The minimum absolute atomic E-state index is 0.00482. The molecule has 0 amide bonds. The van der Waals surface area contributed by atoms with Gasteiger partial charge < -0.3 is 5.32 Å². The third-order valence-electron chi connectivity index (χ3n) is 3.47. The second kappa shape index (κ2) is 6.62. The number of para-hydroxylation sites is 1. The average molecular weight is 303 g/mol. The quantitative estimate of drug-likeness (QED) is 0.597. The van der Waals surface area contributed by atoms with Crippen molar-refractivity contribution in [1.29, 1.82) is 0 Å². The lowest BCUT2D eigenvalue weighted by atomic mass is 10.0. The van der Waals surface area contributed by atoms with Crippen LogP contribution in [0.5, 0.6) is 0 Å². The van der Waals surface area contributed by atoms with E-state index < -0.39 is 0 Å². The maximum Gasteiger partial charge on any atom is 0.161 e. The fourth-order valence-corrected chi connectivity index (χ4v) is 2.39. The summed E-state index contributed by atoms with van der Waals surface area (Å²) in [6.45, 7) is 0. The SMILES string of the molecule is O=Nc1c(Nc2ccccc2)ccc(-c2ccccc2)c1N=O. The van der Waals surface area contributed by atoms with Gasteiger partial charge in [-0.1, -0.05) is 48.5 Å². The predicted molar refractivity (Wildman–Crippen MR) is 92.5 cm³/mol. The molecule has 0 spiro atoms. The van der Waals surface area contributed by atoms with E-state index in [2.05, 4.69) is 15.7 Å². The molecule has 0 aromatic heterocycles. The maximum absolute atomic E-state index is 11.3. The van der Waals surface area contributed by atoms with E-state index in [0.29, 0.717) is 11.3 Å². The summed E-state index contributed by atoms with van der Waals surface area (Å²) in [5, 5.41) is 9.14. The second-order valence-electron chi connectivity index (χ2n) is 4.90. The highest BCUT2D eigenvalue weighted by Gasteiger charge is 2.16. The van der Waals surface area contributed by atoms with Gasteiger partial charge in [-0.15, -0.1) is 9.81 Å². The van der Waals surface area contributed by atoms with Crippen LogP contribution in [-0.4, -0.2) is 0 Å². The molecule has 0 fully saturated rings. The second-order valence-corrected chi connectivity index (χ2v) is 4.90. The number of anilines is 2. The molecule has 3 aromatic carbocycles. The van der Waals surface area contributed by atoms with Crippen molar-refractivity contribution in [3.05, 3.63) is 82.6 Å². The van der Waals surface area contributed by atoms with E-state index in [0.717, 1.165) is 11.3 Å². The summed E-state index contributed by atoms with van der Waals surface area (Å²) < 4.78 is 0. The minimum atomic E-state index is 0.00482. The van der Waals surface area contributed by atoms with Crippen LogP contribution in [0.3, 0.4) is 0 Å². The van der Waals surface area contributed by atoms with E-state index >= 15 is 0 Å². The van der Waals surface area contributed by atoms with Crippen LogP contribution in [0.2, 0.25) is 0 Å². The summed E-state index contributed by atoms with van der Waals surface area (Å²) in [6, 6.07) is 22.1. The average Bonchev–Trinajstić information content (AvgIpc) is 2.62. The van der Waals surface area contributed by atoms with E-state index in [1.54, 1.807) is 12.1 Å². The van der Waals surface area contributed by atoms with Crippen molar-refractivity contribution in [3.8, 4) is 11.1 Å². The molecule has 0 saturated heterocycles. The Morgan fingerprint density at radius 2 is 1.26 bits per heavy atom. The molecule has 5 heteroatoms. The Bertz CT molecular complexity index is 834. The zero-order chi connectivity index (χ0) is 16.1. The van der Waals surface area contributed by atoms with Crippen molar-refractivity contribution in [2.75, 3.05) is 5.32 Å². The van der Waals surface area contributed by atoms with E-state index in [-0.39, 0.29) is 11.4 Å². The summed E-state index contributed by atoms with van der Waals surface area (Å²) in [6.07, 6.45) is 0. The molecule has 112 valence electrons. The summed E-state index contributed by atoms with van der Waals surface area (Å²) in [7, 11) is 0. The number of nitroso groups, excluding NO2 is 2. The molecule has 1 N–H and O–H groups in total. The molecule has 0 heterocycles. The monoisotopic (exact) mass is 303 g/mol. The summed E-state index contributed by atoms with van der Waals surface area (Å²) in [5.74, 6) is 0. The molecular weight excluding hydrogens is 290 g/mol. The van der Waals surface area contributed by atoms with Crippen molar-refractivity contribution < 1.29 is 0 Å². The van der Waals surface area contributed by atoms with Crippen LogP contribution in [0.15, 0.2) is 83.2 Å². The van der Waals surface area contributed by atoms with Crippen LogP contribution in [-0.2, 0) is 0 Å². The fourth-order valence-electron chi connectivity index (χ4n) is 2.39. The molecule has 0 aliphatic carbocycles. The first-order valence-electron chi connectivity index (χ1n) is 7.04. The summed E-state index contributed by atoms with van der Waals surface area (Å²) in [5.41, 5.74) is 2.66. The first-order valence-corrected chi connectivity index (χ1v) is 7.04. The Kier molecular flexibility index (Phi) is 4.20. The van der Waals surface area contributed by atoms with Crippen molar-refractivity contribution in [2.45, 2.75) is 0 Å². The largest absolute Gasteiger partial charge is 0.354 e. The van der Waals surface area contributed by atoms with Gasteiger partial charge in [0.05, 0.1) is 5.69 Å². The molecule has 0 atom stereocenters. The number of nitrogens with one attached hydrogen (secondary N) is 1. The zero-order valence-corrected chi connectivity index (χ0v) is 12.1. The molecule has 3 rings (SSSR count). The Morgan fingerprint density at radius 1 is 0.652 bits per heavy atom. The molecule has 5 nitrogen and oxygen atoms in total. The molecule has 0 unspecified atom stereocenters. The molecule has 0 radical (unpaired) electrons. The van der Waals surface area contributed by atoms with E-state index in [1.165, 1.54) is 0 Å². The fraction of sp³-hybridized carbons (Fsp3) is 0. The molecule has 0 aliphatic heterocycles. The van der Waals surface area contributed by atoms with Crippen LogP contribution >= 0.6 is 0 Å². The number of rotatable bonds is 5. The lowest BCUT2D eigenvalue weighted by Crippen LogP contribution is -1.91. The topological polar surface area (TPSA) is 70.9 Å². The first kappa shape index (κ1) is 14.6. The van der Waals surface area contributed by atoms with Gasteiger partial charge in [-0.3, -0.25) is 0 Å². The van der Waals surface area contributed by atoms with Gasteiger partial charge in [-0.25, -0.2) is 0 Å². The maximum atomic E-state index is 11.3. The van der Waals surface area contributed by atoms with Gasteiger partial charge in [0.15, 0.2) is 5.69 Å². The van der Waals surface area contributed by atoms with Crippen LogP contribution in [0.1, 0.15) is 0 Å². The van der Waals surface area contributed by atoms with Crippen molar-refractivity contribution in [1.82, 2.24) is 0 Å². The van der Waals surface area contributed by atoms with Crippen LogP contribution in [0, 0.1) is 9.81 Å². The summed E-state index contributed by atoms with van der Waals surface area (Å²) >= 11 is 0. The number of nitrogens with zero attached hydrogens (tertiary/aromatic N) is 2. The van der Waals surface area contributed by atoms with Crippen LogP contribution in [0.25, 0.3) is 11.1 Å². The van der Waals surface area contributed by atoms with Gasteiger partial charge in [0, 0.05) is 11.3 Å². The van der Waals surface area contributed by atoms with Gasteiger partial charge in [0.1, 0.15) is 5.69 Å². The highest BCUT2D eigenvalue weighted by molar-refractivity contribution is 5.91. The molecule has 0 saturated carbocycles. The van der Waals surface area contributed by atoms with Crippen molar-refractivity contribution in [2.24, 2.45) is 10.4 Å². The van der Waals surface area contributed by atoms with Crippen molar-refractivity contribution >= 4 is 22.7 Å². The van der Waals surface area contributed by atoms with Crippen molar-refractivity contribution in [3.63, 3.8) is 0 Å². The Labute approximate surface area is 132 Å². The number of hydrogen-bond donors (Lipinski definition) is 1. The first-order chi connectivity index (χ1) is 11.3. The number of benzene rings is 3. The molecule has 0 bridgehead atoms. The highest BCUT2D eigenvalue weighted by atomic mass is 16.3. The third kappa shape index (κ3) is 2.98. The summed E-state index contributed by atoms with van der Waals surface area (Å²) in [4.78, 5) is 22.6. The van der Waals surface area contributed by atoms with Crippen LogP contribution in [0.4, 0.5) is 22.7 Å².